The summed E-state index contributed by atoms with van der Waals surface area (Å²) in [5, 5.41) is 5.52. The summed E-state index contributed by atoms with van der Waals surface area (Å²) in [4.78, 5) is 11.5. The second kappa shape index (κ2) is 6.91. The van der Waals surface area contributed by atoms with Crippen LogP contribution in [0.2, 0.25) is 0 Å². The maximum absolute atomic E-state index is 11.5. The lowest BCUT2D eigenvalue weighted by molar-refractivity contribution is 0.251. The number of hydrogen-bond donors (Lipinski definition) is 3. The van der Waals surface area contributed by atoms with E-state index >= 15 is 0 Å². The Morgan fingerprint density at radius 3 is 2.59 bits per heavy atom. The molecule has 1 aromatic carbocycles. The predicted octanol–water partition coefficient (Wildman–Crippen LogP) is 2.24. The summed E-state index contributed by atoms with van der Waals surface area (Å²) in [6.07, 6.45) is 1.95. The molecular weight excluding hydrogens is 214 g/mol. The number of amides is 2. The molecule has 4 nitrogen and oxygen atoms in total. The summed E-state index contributed by atoms with van der Waals surface area (Å²) in [5.41, 5.74) is 7.76. The summed E-state index contributed by atoms with van der Waals surface area (Å²) < 4.78 is 0. The van der Waals surface area contributed by atoms with Crippen molar-refractivity contribution in [3.63, 3.8) is 0 Å². The molecule has 4 heteroatoms. The van der Waals surface area contributed by atoms with Crippen LogP contribution in [-0.2, 0) is 0 Å². The van der Waals surface area contributed by atoms with Gasteiger partial charge in [-0.15, -0.1) is 0 Å². The SMILES string of the molecule is CCCC(N)CNC(=O)Nc1ccc(C)cc1. The van der Waals surface area contributed by atoms with Gasteiger partial charge in [0.25, 0.3) is 0 Å². The zero-order chi connectivity index (χ0) is 12.7. The first-order chi connectivity index (χ1) is 8.11. The summed E-state index contributed by atoms with van der Waals surface area (Å²) in [6.45, 7) is 4.59. The quantitative estimate of drug-likeness (QED) is 0.732. The van der Waals surface area contributed by atoms with Crippen LogP contribution in [0.15, 0.2) is 24.3 Å². The highest BCUT2D eigenvalue weighted by molar-refractivity contribution is 5.89. The molecule has 0 aliphatic rings. The van der Waals surface area contributed by atoms with Crippen LogP contribution in [0.1, 0.15) is 25.3 Å². The highest BCUT2D eigenvalue weighted by Gasteiger charge is 2.04. The van der Waals surface area contributed by atoms with Gasteiger partial charge < -0.3 is 16.4 Å². The molecule has 0 saturated heterocycles. The third-order valence-corrected chi connectivity index (χ3v) is 2.49. The Morgan fingerprint density at radius 1 is 1.35 bits per heavy atom. The Labute approximate surface area is 103 Å². The smallest absolute Gasteiger partial charge is 0.319 e. The van der Waals surface area contributed by atoms with Gasteiger partial charge in [0, 0.05) is 18.3 Å². The zero-order valence-electron chi connectivity index (χ0n) is 10.5. The van der Waals surface area contributed by atoms with E-state index < -0.39 is 0 Å². The Bertz CT molecular complexity index is 348. The first kappa shape index (κ1) is 13.5. The first-order valence-electron chi connectivity index (χ1n) is 5.99. The third kappa shape index (κ3) is 5.36. The number of nitrogens with one attached hydrogen (secondary N) is 2. The van der Waals surface area contributed by atoms with E-state index in [-0.39, 0.29) is 12.1 Å². The molecule has 0 radical (unpaired) electrons. The molecule has 0 fully saturated rings. The van der Waals surface area contributed by atoms with E-state index in [1.54, 1.807) is 0 Å². The molecule has 0 saturated carbocycles. The fourth-order valence-corrected chi connectivity index (χ4v) is 1.51. The van der Waals surface area contributed by atoms with Gasteiger partial charge in [0.2, 0.25) is 0 Å². The molecule has 0 aliphatic carbocycles. The van der Waals surface area contributed by atoms with Crippen LogP contribution < -0.4 is 16.4 Å². The Balaban J connectivity index is 2.32. The lowest BCUT2D eigenvalue weighted by Crippen LogP contribution is -2.39. The van der Waals surface area contributed by atoms with Crippen LogP contribution in [0, 0.1) is 6.92 Å². The lowest BCUT2D eigenvalue weighted by atomic mass is 10.2. The maximum Gasteiger partial charge on any atom is 0.319 e. The molecule has 0 aromatic heterocycles. The third-order valence-electron chi connectivity index (χ3n) is 2.49. The van der Waals surface area contributed by atoms with Crippen LogP contribution >= 0.6 is 0 Å². The van der Waals surface area contributed by atoms with Gasteiger partial charge in [-0.25, -0.2) is 4.79 Å². The summed E-state index contributed by atoms with van der Waals surface area (Å²) in [5.74, 6) is 0. The van der Waals surface area contributed by atoms with Crippen molar-refractivity contribution in [2.45, 2.75) is 32.7 Å². The molecule has 4 N–H and O–H groups in total. The number of nitrogens with two attached hydrogens (primary N) is 1. The van der Waals surface area contributed by atoms with E-state index in [2.05, 4.69) is 17.6 Å². The molecule has 1 atom stereocenters. The molecule has 1 aromatic rings. The van der Waals surface area contributed by atoms with Crippen LogP contribution in [0.25, 0.3) is 0 Å². The Kier molecular flexibility index (Phi) is 5.49. The van der Waals surface area contributed by atoms with E-state index in [0.717, 1.165) is 18.5 Å². The molecule has 0 heterocycles. The van der Waals surface area contributed by atoms with Crippen molar-refractivity contribution in [2.24, 2.45) is 5.73 Å². The molecule has 94 valence electrons. The average Bonchev–Trinajstić information content (AvgIpc) is 2.30. The van der Waals surface area contributed by atoms with Crippen molar-refractivity contribution >= 4 is 11.7 Å². The monoisotopic (exact) mass is 235 g/mol. The highest BCUT2D eigenvalue weighted by Crippen LogP contribution is 2.07. The number of benzene rings is 1. The lowest BCUT2D eigenvalue weighted by Gasteiger charge is -2.12. The van der Waals surface area contributed by atoms with Gasteiger partial charge in [-0.1, -0.05) is 31.0 Å². The fourth-order valence-electron chi connectivity index (χ4n) is 1.51. The Morgan fingerprint density at radius 2 is 2.00 bits per heavy atom. The number of carbonyl (C=O) groups excluding carboxylic acids is 1. The largest absolute Gasteiger partial charge is 0.336 e. The maximum atomic E-state index is 11.5. The van der Waals surface area contributed by atoms with E-state index in [1.165, 1.54) is 5.56 Å². The van der Waals surface area contributed by atoms with Crippen LogP contribution in [0.4, 0.5) is 10.5 Å². The van der Waals surface area contributed by atoms with Gasteiger partial charge in [0.15, 0.2) is 0 Å². The molecule has 17 heavy (non-hydrogen) atoms. The van der Waals surface area contributed by atoms with Crippen molar-refractivity contribution in [3.8, 4) is 0 Å². The number of carbonyl (C=O) groups is 1. The summed E-state index contributed by atoms with van der Waals surface area (Å²) in [6, 6.07) is 7.49. The van der Waals surface area contributed by atoms with Gasteiger partial charge >= 0.3 is 6.03 Å². The predicted molar refractivity (Wildman–Crippen MR) is 71.1 cm³/mol. The highest BCUT2D eigenvalue weighted by atomic mass is 16.2. The molecule has 0 spiro atoms. The van der Waals surface area contributed by atoms with Gasteiger partial charge in [-0.2, -0.15) is 0 Å². The number of anilines is 1. The number of hydrogen-bond acceptors (Lipinski definition) is 2. The van der Waals surface area contributed by atoms with Gasteiger partial charge in [-0.3, -0.25) is 0 Å². The van der Waals surface area contributed by atoms with Crippen molar-refractivity contribution in [3.05, 3.63) is 29.8 Å². The van der Waals surface area contributed by atoms with Gasteiger partial charge in [-0.05, 0) is 25.5 Å². The molecular formula is C13H21N3O. The van der Waals surface area contributed by atoms with Gasteiger partial charge in [0.05, 0.1) is 0 Å². The van der Waals surface area contributed by atoms with Crippen LogP contribution in [-0.4, -0.2) is 18.6 Å². The minimum Gasteiger partial charge on any atom is -0.336 e. The van der Waals surface area contributed by atoms with Gasteiger partial charge in [0.1, 0.15) is 0 Å². The van der Waals surface area contributed by atoms with Crippen molar-refractivity contribution < 1.29 is 4.79 Å². The average molecular weight is 235 g/mol. The van der Waals surface area contributed by atoms with E-state index in [9.17, 15) is 4.79 Å². The Hall–Kier alpha value is -1.55. The molecule has 1 unspecified atom stereocenters. The summed E-state index contributed by atoms with van der Waals surface area (Å²) >= 11 is 0. The normalized spacial score (nSPS) is 11.9. The zero-order valence-corrected chi connectivity index (χ0v) is 10.5. The fraction of sp³-hybridized carbons (Fsp3) is 0.462. The second-order valence-corrected chi connectivity index (χ2v) is 4.25. The molecule has 2 amide bonds. The van der Waals surface area contributed by atoms with E-state index in [4.69, 9.17) is 5.73 Å². The molecule has 0 bridgehead atoms. The standard InChI is InChI=1S/C13H21N3O/c1-3-4-11(14)9-15-13(17)16-12-7-5-10(2)6-8-12/h5-8,11H,3-4,9,14H2,1-2H3,(H2,15,16,17). The first-order valence-corrected chi connectivity index (χ1v) is 5.99. The van der Waals surface area contributed by atoms with Crippen molar-refractivity contribution in [1.29, 1.82) is 0 Å². The second-order valence-electron chi connectivity index (χ2n) is 4.25. The molecule has 1 rings (SSSR count). The van der Waals surface area contributed by atoms with Crippen LogP contribution in [0.3, 0.4) is 0 Å². The minimum atomic E-state index is -0.208. The topological polar surface area (TPSA) is 67.1 Å². The van der Waals surface area contributed by atoms with Crippen molar-refractivity contribution in [1.82, 2.24) is 5.32 Å². The van der Waals surface area contributed by atoms with Crippen molar-refractivity contribution in [2.75, 3.05) is 11.9 Å². The summed E-state index contributed by atoms with van der Waals surface area (Å²) in [7, 11) is 0. The van der Waals surface area contributed by atoms with Crippen LogP contribution in [0.5, 0.6) is 0 Å². The van der Waals surface area contributed by atoms with E-state index in [1.807, 2.05) is 31.2 Å². The molecule has 0 aliphatic heterocycles. The minimum absolute atomic E-state index is 0.0313. The number of rotatable bonds is 5. The number of urea groups is 1. The van der Waals surface area contributed by atoms with E-state index in [0.29, 0.717) is 6.54 Å². The number of aryl methyl sites for hydroxylation is 1.